The molecule has 4 heteroatoms. The molecule has 0 radical (unpaired) electrons. The first kappa shape index (κ1) is 14.5. The summed E-state index contributed by atoms with van der Waals surface area (Å²) in [4.78, 5) is 0. The van der Waals surface area contributed by atoms with E-state index >= 15 is 0 Å². The highest BCUT2D eigenvalue weighted by Gasteiger charge is 2.17. The fraction of sp³-hybridized carbons (Fsp3) is 0.250. The lowest BCUT2D eigenvalue weighted by Gasteiger charge is -2.20. The number of aryl methyl sites for hydroxylation is 1. The molecule has 1 aliphatic heterocycles. The number of hydrogen-bond acceptors (Lipinski definition) is 1. The van der Waals surface area contributed by atoms with Gasteiger partial charge >= 0.3 is 0 Å². The number of ether oxygens (including phenoxy) is 1. The van der Waals surface area contributed by atoms with Crippen molar-refractivity contribution in [2.24, 2.45) is 0 Å². The first-order valence-electron chi connectivity index (χ1n) is 6.50. The maximum atomic E-state index is 6.65. The largest absolute Gasteiger partial charge is 0.493 e. The van der Waals surface area contributed by atoms with Crippen LogP contribution in [-0.2, 0) is 6.42 Å². The molecule has 1 unspecified atom stereocenters. The molecule has 1 aliphatic rings. The van der Waals surface area contributed by atoms with Crippen molar-refractivity contribution in [1.29, 1.82) is 0 Å². The van der Waals surface area contributed by atoms with Gasteiger partial charge < -0.3 is 4.74 Å². The maximum Gasteiger partial charge on any atom is 0.122 e. The summed E-state index contributed by atoms with van der Waals surface area (Å²) in [6, 6.07) is 12.0. The maximum absolute atomic E-state index is 6.65. The van der Waals surface area contributed by atoms with Crippen LogP contribution in [0.25, 0.3) is 0 Å². The summed E-state index contributed by atoms with van der Waals surface area (Å²) in [6.45, 7) is 0.808. The van der Waals surface area contributed by atoms with Crippen LogP contribution in [0.1, 0.15) is 28.5 Å². The molecule has 0 fully saturated rings. The molecule has 3 rings (SSSR count). The quantitative estimate of drug-likeness (QED) is 0.455. The molecule has 0 saturated carbocycles. The molecule has 0 aromatic heterocycles. The molecule has 1 heterocycles. The van der Waals surface area contributed by atoms with E-state index in [9.17, 15) is 0 Å². The molecule has 0 aliphatic carbocycles. The highest BCUT2D eigenvalue weighted by atomic mass is 127. The number of benzene rings is 2. The zero-order valence-electron chi connectivity index (χ0n) is 10.7. The van der Waals surface area contributed by atoms with Crippen LogP contribution >= 0.6 is 45.8 Å². The first-order valence-corrected chi connectivity index (χ1v) is 8.39. The second-order valence-electron chi connectivity index (χ2n) is 4.85. The molecule has 1 nitrogen and oxygen atoms in total. The van der Waals surface area contributed by atoms with E-state index in [1.54, 1.807) is 0 Å². The summed E-state index contributed by atoms with van der Waals surface area (Å²) in [5, 5.41) is 0.528. The number of halogens is 3. The normalized spacial score (nSPS) is 15.3. The minimum atomic E-state index is -0.187. The Morgan fingerprint density at radius 2 is 2.00 bits per heavy atom. The van der Waals surface area contributed by atoms with Gasteiger partial charge in [0.15, 0.2) is 0 Å². The van der Waals surface area contributed by atoms with Crippen LogP contribution in [0.15, 0.2) is 36.4 Å². The van der Waals surface area contributed by atoms with Gasteiger partial charge in [0, 0.05) is 8.59 Å². The van der Waals surface area contributed by atoms with Crippen LogP contribution in [0.4, 0.5) is 0 Å². The van der Waals surface area contributed by atoms with Crippen LogP contribution in [0.3, 0.4) is 0 Å². The Morgan fingerprint density at radius 1 is 1.15 bits per heavy atom. The summed E-state index contributed by atoms with van der Waals surface area (Å²) >= 11 is 15.0. The predicted molar refractivity (Wildman–Crippen MR) is 92.1 cm³/mol. The summed E-state index contributed by atoms with van der Waals surface area (Å²) in [7, 11) is 0. The lowest BCUT2D eigenvalue weighted by Crippen LogP contribution is -2.09. The first-order chi connectivity index (χ1) is 9.65. The van der Waals surface area contributed by atoms with Crippen molar-refractivity contribution >= 4 is 45.8 Å². The average Bonchev–Trinajstić information content (AvgIpc) is 2.48. The van der Waals surface area contributed by atoms with Gasteiger partial charge in [-0.05, 0) is 76.4 Å². The van der Waals surface area contributed by atoms with Gasteiger partial charge in [0.25, 0.3) is 0 Å². The van der Waals surface area contributed by atoms with E-state index in [0.29, 0.717) is 5.02 Å². The summed E-state index contributed by atoms with van der Waals surface area (Å²) < 4.78 is 6.77. The Kier molecular flexibility index (Phi) is 4.43. The van der Waals surface area contributed by atoms with Crippen molar-refractivity contribution in [3.05, 3.63) is 61.7 Å². The van der Waals surface area contributed by atoms with E-state index < -0.39 is 0 Å². The van der Waals surface area contributed by atoms with E-state index in [1.165, 1.54) is 5.56 Å². The molecule has 0 amide bonds. The SMILES string of the molecule is Clc1ccc(I)c(C(Cl)c2ccc3c(c2)CCCO3)c1. The molecule has 0 bridgehead atoms. The van der Waals surface area contributed by atoms with E-state index in [1.807, 2.05) is 30.3 Å². The number of fused-ring (bicyclic) bond motifs is 1. The smallest absolute Gasteiger partial charge is 0.122 e. The fourth-order valence-electron chi connectivity index (χ4n) is 2.43. The van der Waals surface area contributed by atoms with Crippen LogP contribution in [-0.4, -0.2) is 6.61 Å². The molecule has 2 aromatic rings. The second-order valence-corrected chi connectivity index (χ2v) is 6.88. The summed E-state index contributed by atoms with van der Waals surface area (Å²) in [6.07, 6.45) is 2.12. The van der Waals surface area contributed by atoms with E-state index in [4.69, 9.17) is 27.9 Å². The van der Waals surface area contributed by atoms with Crippen molar-refractivity contribution in [3.63, 3.8) is 0 Å². The highest BCUT2D eigenvalue weighted by Crippen LogP contribution is 2.36. The van der Waals surface area contributed by atoms with Gasteiger partial charge in [-0.25, -0.2) is 0 Å². The third-order valence-corrected chi connectivity index (χ3v) is 5.16. The molecule has 2 aromatic carbocycles. The molecule has 0 N–H and O–H groups in total. The second kappa shape index (κ2) is 6.12. The Morgan fingerprint density at radius 3 is 2.85 bits per heavy atom. The standard InChI is InChI=1S/C16H13Cl2IO/c17-12-4-5-14(19)13(9-12)16(18)11-3-6-15-10(8-11)2-1-7-20-15/h3-6,8-9,16H,1-2,7H2. The molecule has 104 valence electrons. The van der Waals surface area contributed by atoms with Gasteiger partial charge in [0.2, 0.25) is 0 Å². The molecule has 0 saturated heterocycles. The third-order valence-electron chi connectivity index (χ3n) is 3.46. The molecule has 20 heavy (non-hydrogen) atoms. The Bertz CT molecular complexity index is 642. The van der Waals surface area contributed by atoms with Crippen molar-refractivity contribution in [2.75, 3.05) is 6.61 Å². The third kappa shape index (κ3) is 2.92. The average molecular weight is 419 g/mol. The van der Waals surface area contributed by atoms with Crippen molar-refractivity contribution in [1.82, 2.24) is 0 Å². The summed E-state index contributed by atoms with van der Waals surface area (Å²) in [5.74, 6) is 0.990. The number of hydrogen-bond donors (Lipinski definition) is 0. The lowest BCUT2D eigenvalue weighted by molar-refractivity contribution is 0.288. The number of alkyl halides is 1. The van der Waals surface area contributed by atoms with Gasteiger partial charge in [-0.15, -0.1) is 11.6 Å². The van der Waals surface area contributed by atoms with Crippen molar-refractivity contribution < 1.29 is 4.74 Å². The fourth-order valence-corrected chi connectivity index (χ4v) is 3.75. The van der Waals surface area contributed by atoms with Crippen molar-refractivity contribution in [2.45, 2.75) is 18.2 Å². The predicted octanol–water partition coefficient (Wildman–Crippen LogP) is 5.60. The summed E-state index contributed by atoms with van der Waals surface area (Å²) in [5.41, 5.74) is 3.39. The van der Waals surface area contributed by atoms with Gasteiger partial charge in [0.1, 0.15) is 5.75 Å². The molecular formula is C16H13Cl2IO. The molecule has 0 spiro atoms. The topological polar surface area (TPSA) is 9.23 Å². The van der Waals surface area contributed by atoms with Gasteiger partial charge in [-0.2, -0.15) is 0 Å². The lowest BCUT2D eigenvalue weighted by atomic mass is 9.98. The Balaban J connectivity index is 1.97. The van der Waals surface area contributed by atoms with Gasteiger partial charge in [-0.3, -0.25) is 0 Å². The van der Waals surface area contributed by atoms with E-state index in [0.717, 1.165) is 39.9 Å². The Labute approximate surface area is 142 Å². The Hall–Kier alpha value is -0.450. The van der Waals surface area contributed by atoms with Crippen molar-refractivity contribution in [3.8, 4) is 5.75 Å². The zero-order chi connectivity index (χ0) is 14.1. The molecule has 1 atom stereocenters. The minimum Gasteiger partial charge on any atom is -0.493 e. The minimum absolute atomic E-state index is 0.187. The highest BCUT2D eigenvalue weighted by molar-refractivity contribution is 14.1. The van der Waals surface area contributed by atoms with Gasteiger partial charge in [-0.1, -0.05) is 23.7 Å². The zero-order valence-corrected chi connectivity index (χ0v) is 14.4. The van der Waals surface area contributed by atoms with Crippen LogP contribution < -0.4 is 4.74 Å². The van der Waals surface area contributed by atoms with Crippen LogP contribution in [0.5, 0.6) is 5.75 Å². The number of rotatable bonds is 2. The monoisotopic (exact) mass is 418 g/mol. The van der Waals surface area contributed by atoms with Crippen LogP contribution in [0.2, 0.25) is 5.02 Å². The van der Waals surface area contributed by atoms with Gasteiger partial charge in [0.05, 0.1) is 12.0 Å². The van der Waals surface area contributed by atoms with E-state index in [2.05, 4.69) is 28.7 Å². The van der Waals surface area contributed by atoms with E-state index in [-0.39, 0.29) is 5.38 Å². The molecular weight excluding hydrogens is 406 g/mol. The van der Waals surface area contributed by atoms with Crippen LogP contribution in [0, 0.1) is 3.57 Å².